The number of para-hydroxylation sites is 1. The largest absolute Gasteiger partial charge is 0.496 e. The summed E-state index contributed by atoms with van der Waals surface area (Å²) in [5, 5.41) is 2.55. The van der Waals surface area contributed by atoms with E-state index in [1.54, 1.807) is 18.2 Å². The van der Waals surface area contributed by atoms with Gasteiger partial charge >= 0.3 is 6.18 Å². The van der Waals surface area contributed by atoms with Gasteiger partial charge in [0.2, 0.25) is 0 Å². The molecular formula is C16H13BrF3NO2. The molecule has 7 heteroatoms. The molecule has 23 heavy (non-hydrogen) atoms. The average Bonchev–Trinajstić information content (AvgIpc) is 2.52. The monoisotopic (exact) mass is 387 g/mol. The second-order valence-electron chi connectivity index (χ2n) is 4.67. The third-order valence-corrected chi connectivity index (χ3v) is 3.77. The molecule has 0 atom stereocenters. The van der Waals surface area contributed by atoms with Gasteiger partial charge in [-0.25, -0.2) is 0 Å². The Bertz CT molecular complexity index is 717. The summed E-state index contributed by atoms with van der Waals surface area (Å²) in [6.45, 7) is -0.244. The number of benzene rings is 2. The lowest BCUT2D eigenvalue weighted by Crippen LogP contribution is -2.17. The van der Waals surface area contributed by atoms with Crippen molar-refractivity contribution >= 4 is 27.4 Å². The normalized spacial score (nSPS) is 11.2. The minimum atomic E-state index is -4.48. The molecule has 3 nitrogen and oxygen atoms in total. The average molecular weight is 388 g/mol. The number of hydrogen-bond acceptors (Lipinski definition) is 3. The fraction of sp³-hybridized carbons (Fsp3) is 0.188. The van der Waals surface area contributed by atoms with Crippen molar-refractivity contribution in [1.82, 2.24) is 0 Å². The van der Waals surface area contributed by atoms with Crippen LogP contribution in [0.5, 0.6) is 5.75 Å². The minimum absolute atomic E-state index is 0.124. The Hall–Kier alpha value is -2.02. The van der Waals surface area contributed by atoms with Crippen molar-refractivity contribution < 1.29 is 22.7 Å². The number of ketones is 1. The molecule has 1 N–H and O–H groups in total. The molecule has 0 aromatic heterocycles. The van der Waals surface area contributed by atoms with Crippen molar-refractivity contribution in [1.29, 1.82) is 0 Å². The number of carbonyl (C=O) groups is 1. The highest BCUT2D eigenvalue weighted by Crippen LogP contribution is 2.34. The van der Waals surface area contributed by atoms with Crippen molar-refractivity contribution in [2.45, 2.75) is 6.18 Å². The summed E-state index contributed by atoms with van der Waals surface area (Å²) >= 11 is 3.26. The molecule has 0 spiro atoms. The molecule has 0 aliphatic carbocycles. The number of rotatable bonds is 5. The molecule has 0 fully saturated rings. The molecule has 0 unspecified atom stereocenters. The van der Waals surface area contributed by atoms with Gasteiger partial charge in [0.1, 0.15) is 5.75 Å². The molecule has 0 saturated heterocycles. The van der Waals surface area contributed by atoms with Crippen LogP contribution in [-0.2, 0) is 6.18 Å². The Morgan fingerprint density at radius 2 is 1.91 bits per heavy atom. The summed E-state index contributed by atoms with van der Waals surface area (Å²) in [6.07, 6.45) is -4.48. The van der Waals surface area contributed by atoms with Gasteiger partial charge in [0.15, 0.2) is 5.78 Å². The summed E-state index contributed by atoms with van der Waals surface area (Å²) in [5.74, 6) is 0.238. The number of nitrogens with one attached hydrogen (secondary N) is 1. The number of ether oxygens (including phenoxy) is 1. The van der Waals surface area contributed by atoms with Gasteiger partial charge in [0, 0.05) is 11.3 Å². The van der Waals surface area contributed by atoms with E-state index >= 15 is 0 Å². The SMILES string of the molecule is COc1ccc(C(=O)CNc2ccccc2C(F)(F)F)cc1Br. The third kappa shape index (κ3) is 4.25. The Morgan fingerprint density at radius 1 is 1.22 bits per heavy atom. The van der Waals surface area contributed by atoms with E-state index < -0.39 is 11.7 Å². The van der Waals surface area contributed by atoms with Crippen LogP contribution in [0.1, 0.15) is 15.9 Å². The van der Waals surface area contributed by atoms with Crippen LogP contribution in [0, 0.1) is 0 Å². The quantitative estimate of drug-likeness (QED) is 0.750. The van der Waals surface area contributed by atoms with Crippen molar-refractivity contribution in [2.75, 3.05) is 19.0 Å². The minimum Gasteiger partial charge on any atom is -0.496 e. The number of methoxy groups -OCH3 is 1. The molecule has 0 radical (unpaired) electrons. The maximum Gasteiger partial charge on any atom is 0.418 e. The van der Waals surface area contributed by atoms with E-state index in [4.69, 9.17) is 4.74 Å². The predicted octanol–water partition coefficient (Wildman–Crippen LogP) is 4.77. The van der Waals surface area contributed by atoms with Crippen LogP contribution in [0.4, 0.5) is 18.9 Å². The first-order valence-electron chi connectivity index (χ1n) is 6.59. The van der Waals surface area contributed by atoms with Crippen molar-refractivity contribution in [3.05, 3.63) is 58.1 Å². The van der Waals surface area contributed by atoms with E-state index in [1.807, 2.05) is 0 Å². The molecule has 2 aromatic carbocycles. The van der Waals surface area contributed by atoms with Crippen molar-refractivity contribution in [3.8, 4) is 5.75 Å². The van der Waals surface area contributed by atoms with Crippen LogP contribution in [0.2, 0.25) is 0 Å². The number of Topliss-reactive ketones (excluding diaryl/α,β-unsaturated/α-hetero) is 1. The summed E-state index contributed by atoms with van der Waals surface area (Å²) in [7, 11) is 1.50. The van der Waals surface area contributed by atoms with Gasteiger partial charge in [0.05, 0.1) is 23.7 Å². The molecule has 2 aromatic rings. The second kappa shape index (κ2) is 7.04. The van der Waals surface area contributed by atoms with Crippen molar-refractivity contribution in [2.24, 2.45) is 0 Å². The predicted molar refractivity (Wildman–Crippen MR) is 85.0 cm³/mol. The highest BCUT2D eigenvalue weighted by atomic mass is 79.9. The zero-order chi connectivity index (χ0) is 17.0. The highest BCUT2D eigenvalue weighted by molar-refractivity contribution is 9.10. The van der Waals surface area contributed by atoms with Gasteiger partial charge in [-0.15, -0.1) is 0 Å². The molecule has 0 bridgehead atoms. The second-order valence-corrected chi connectivity index (χ2v) is 5.52. The number of alkyl halides is 3. The fourth-order valence-corrected chi connectivity index (χ4v) is 2.54. The van der Waals surface area contributed by atoms with Crippen LogP contribution in [0.25, 0.3) is 0 Å². The Labute approximate surface area is 139 Å². The summed E-state index contributed by atoms with van der Waals surface area (Å²) < 4.78 is 44.3. The van der Waals surface area contributed by atoms with Gasteiger partial charge in [-0.05, 0) is 46.3 Å². The molecule has 0 aliphatic rings. The van der Waals surface area contributed by atoms with Crippen LogP contribution in [0.3, 0.4) is 0 Å². The lowest BCUT2D eigenvalue weighted by Gasteiger charge is -2.14. The molecule has 0 saturated carbocycles. The smallest absolute Gasteiger partial charge is 0.418 e. The van der Waals surface area contributed by atoms with Crippen LogP contribution in [-0.4, -0.2) is 19.4 Å². The highest BCUT2D eigenvalue weighted by Gasteiger charge is 2.33. The molecule has 0 heterocycles. The summed E-state index contributed by atoms with van der Waals surface area (Å²) in [6, 6.07) is 9.78. The fourth-order valence-electron chi connectivity index (χ4n) is 2.00. The van der Waals surface area contributed by atoms with Gasteiger partial charge in [0.25, 0.3) is 0 Å². The molecule has 2 rings (SSSR count). The number of carbonyl (C=O) groups excluding carboxylic acids is 1. The van der Waals surface area contributed by atoms with Crippen molar-refractivity contribution in [3.63, 3.8) is 0 Å². The molecular weight excluding hydrogens is 375 g/mol. The van der Waals surface area contributed by atoms with E-state index in [9.17, 15) is 18.0 Å². The zero-order valence-electron chi connectivity index (χ0n) is 12.1. The van der Waals surface area contributed by atoms with Crippen LogP contribution < -0.4 is 10.1 Å². The van der Waals surface area contributed by atoms with E-state index in [-0.39, 0.29) is 18.0 Å². The molecule has 0 aliphatic heterocycles. The molecule has 122 valence electrons. The standard InChI is InChI=1S/C16H13BrF3NO2/c1-23-15-7-6-10(8-12(15)17)14(22)9-21-13-5-3-2-4-11(13)16(18,19)20/h2-8,21H,9H2,1H3. The summed E-state index contributed by atoms with van der Waals surface area (Å²) in [4.78, 5) is 12.1. The number of anilines is 1. The van der Waals surface area contributed by atoms with Crippen LogP contribution in [0.15, 0.2) is 46.9 Å². The first-order valence-corrected chi connectivity index (χ1v) is 7.39. The number of hydrogen-bond donors (Lipinski definition) is 1. The van der Waals surface area contributed by atoms with E-state index in [0.717, 1.165) is 6.07 Å². The first kappa shape index (κ1) is 17.3. The van der Waals surface area contributed by atoms with Gasteiger partial charge in [-0.3, -0.25) is 4.79 Å². The van der Waals surface area contributed by atoms with E-state index in [0.29, 0.717) is 15.8 Å². The number of halogens is 4. The van der Waals surface area contributed by atoms with Gasteiger partial charge < -0.3 is 10.1 Å². The van der Waals surface area contributed by atoms with Gasteiger partial charge in [-0.2, -0.15) is 13.2 Å². The Morgan fingerprint density at radius 3 is 2.52 bits per heavy atom. The summed E-state index contributed by atoms with van der Waals surface area (Å²) in [5.41, 5.74) is -0.556. The third-order valence-electron chi connectivity index (χ3n) is 3.15. The maximum absolute atomic E-state index is 12.9. The molecule has 0 amide bonds. The zero-order valence-corrected chi connectivity index (χ0v) is 13.7. The first-order chi connectivity index (χ1) is 10.8. The Balaban J connectivity index is 2.13. The lowest BCUT2D eigenvalue weighted by molar-refractivity contribution is -0.136. The topological polar surface area (TPSA) is 38.3 Å². The van der Waals surface area contributed by atoms with E-state index in [2.05, 4.69) is 21.2 Å². The van der Waals surface area contributed by atoms with Crippen LogP contribution >= 0.6 is 15.9 Å². The maximum atomic E-state index is 12.9. The van der Waals surface area contributed by atoms with E-state index in [1.165, 1.54) is 25.3 Å². The lowest BCUT2D eigenvalue weighted by atomic mass is 10.1. The van der Waals surface area contributed by atoms with Gasteiger partial charge in [-0.1, -0.05) is 12.1 Å². The Kier molecular flexibility index (Phi) is 5.30.